The van der Waals surface area contributed by atoms with Gasteiger partial charge in [-0.2, -0.15) is 0 Å². The molecule has 0 saturated heterocycles. The zero-order valence-electron chi connectivity index (χ0n) is 14.4. The molecule has 0 heterocycles. The van der Waals surface area contributed by atoms with E-state index in [1.807, 2.05) is 0 Å². The van der Waals surface area contributed by atoms with E-state index in [2.05, 4.69) is 45.0 Å². The standard InChI is InChI=1S/C21H34/c1-4-6-7-11-19-13-14-21(15-17(19)3)20-12-8-10-18(16-20)9-5-2/h8,10,12,16-17,19,21H,4-7,9,11,13-15H2,1-3H3. The fourth-order valence-corrected chi connectivity index (χ4v) is 4.14. The summed E-state index contributed by atoms with van der Waals surface area (Å²) < 4.78 is 0. The van der Waals surface area contributed by atoms with Crippen molar-refractivity contribution < 1.29 is 0 Å². The molecule has 0 amide bonds. The average Bonchev–Trinajstić information content (AvgIpc) is 2.50. The van der Waals surface area contributed by atoms with Crippen LogP contribution in [0.15, 0.2) is 24.3 Å². The minimum absolute atomic E-state index is 0.819. The maximum atomic E-state index is 2.50. The molecule has 0 aliphatic heterocycles. The van der Waals surface area contributed by atoms with Crippen LogP contribution in [0.25, 0.3) is 0 Å². The summed E-state index contributed by atoms with van der Waals surface area (Å²) >= 11 is 0. The monoisotopic (exact) mass is 286 g/mol. The molecule has 1 fully saturated rings. The summed E-state index contributed by atoms with van der Waals surface area (Å²) in [5.41, 5.74) is 3.15. The average molecular weight is 287 g/mol. The van der Waals surface area contributed by atoms with Crippen molar-refractivity contribution in [2.75, 3.05) is 0 Å². The molecule has 0 radical (unpaired) electrons. The van der Waals surface area contributed by atoms with E-state index in [9.17, 15) is 0 Å². The lowest BCUT2D eigenvalue weighted by Crippen LogP contribution is -2.22. The Hall–Kier alpha value is -0.780. The first-order chi connectivity index (χ1) is 10.2. The topological polar surface area (TPSA) is 0 Å². The summed E-state index contributed by atoms with van der Waals surface area (Å²) in [5, 5.41) is 0. The second-order valence-corrected chi connectivity index (χ2v) is 7.24. The molecule has 1 saturated carbocycles. The molecule has 0 heteroatoms. The molecule has 3 unspecified atom stereocenters. The number of aryl methyl sites for hydroxylation is 1. The van der Waals surface area contributed by atoms with Crippen molar-refractivity contribution in [3.63, 3.8) is 0 Å². The molecular formula is C21H34. The van der Waals surface area contributed by atoms with Gasteiger partial charge in [0.1, 0.15) is 0 Å². The van der Waals surface area contributed by atoms with E-state index in [1.165, 1.54) is 63.4 Å². The van der Waals surface area contributed by atoms with E-state index in [4.69, 9.17) is 0 Å². The van der Waals surface area contributed by atoms with Crippen LogP contribution in [0.2, 0.25) is 0 Å². The van der Waals surface area contributed by atoms with Crippen LogP contribution in [0.4, 0.5) is 0 Å². The highest BCUT2D eigenvalue weighted by molar-refractivity contribution is 5.27. The first kappa shape index (κ1) is 16.6. The van der Waals surface area contributed by atoms with Gasteiger partial charge in [0, 0.05) is 0 Å². The van der Waals surface area contributed by atoms with Gasteiger partial charge in [0.25, 0.3) is 0 Å². The summed E-state index contributed by atoms with van der Waals surface area (Å²) in [6, 6.07) is 9.43. The van der Waals surface area contributed by atoms with Crippen molar-refractivity contribution in [1.29, 1.82) is 0 Å². The van der Waals surface area contributed by atoms with Crippen LogP contribution in [0.3, 0.4) is 0 Å². The van der Waals surface area contributed by atoms with E-state index >= 15 is 0 Å². The lowest BCUT2D eigenvalue weighted by molar-refractivity contribution is 0.215. The number of hydrogen-bond donors (Lipinski definition) is 0. The molecule has 3 atom stereocenters. The van der Waals surface area contributed by atoms with E-state index in [-0.39, 0.29) is 0 Å². The van der Waals surface area contributed by atoms with Gasteiger partial charge >= 0.3 is 0 Å². The molecule has 0 N–H and O–H groups in total. The van der Waals surface area contributed by atoms with Crippen LogP contribution in [0.5, 0.6) is 0 Å². The molecule has 0 aromatic heterocycles. The van der Waals surface area contributed by atoms with Crippen molar-refractivity contribution in [2.45, 2.75) is 84.5 Å². The molecule has 1 aromatic carbocycles. The predicted molar refractivity (Wildman–Crippen MR) is 93.8 cm³/mol. The van der Waals surface area contributed by atoms with Crippen LogP contribution >= 0.6 is 0 Å². The number of rotatable bonds is 7. The Morgan fingerprint density at radius 2 is 1.90 bits per heavy atom. The maximum Gasteiger partial charge on any atom is -0.0159 e. The number of unbranched alkanes of at least 4 members (excludes halogenated alkanes) is 2. The predicted octanol–water partition coefficient (Wildman–Crippen LogP) is 6.74. The second kappa shape index (κ2) is 8.61. The smallest absolute Gasteiger partial charge is 0.0159 e. The molecule has 0 nitrogen and oxygen atoms in total. The third-order valence-corrected chi connectivity index (χ3v) is 5.49. The molecule has 1 aliphatic rings. The molecule has 2 rings (SSSR count). The van der Waals surface area contributed by atoms with Gasteiger partial charge in [-0.05, 0) is 54.6 Å². The highest BCUT2D eigenvalue weighted by Gasteiger charge is 2.27. The molecule has 0 spiro atoms. The quantitative estimate of drug-likeness (QED) is 0.487. The third-order valence-electron chi connectivity index (χ3n) is 5.49. The maximum absolute atomic E-state index is 2.50. The Labute approximate surface area is 132 Å². The zero-order valence-corrected chi connectivity index (χ0v) is 14.4. The van der Waals surface area contributed by atoms with Crippen molar-refractivity contribution >= 4 is 0 Å². The molecule has 118 valence electrons. The molecule has 0 bridgehead atoms. The van der Waals surface area contributed by atoms with Crippen molar-refractivity contribution in [3.8, 4) is 0 Å². The first-order valence-electron chi connectivity index (χ1n) is 9.33. The van der Waals surface area contributed by atoms with Gasteiger partial charge in [0.15, 0.2) is 0 Å². The van der Waals surface area contributed by atoms with Gasteiger partial charge in [-0.25, -0.2) is 0 Å². The minimum atomic E-state index is 0.819. The van der Waals surface area contributed by atoms with Crippen LogP contribution in [0.1, 0.15) is 89.2 Å². The Bertz CT molecular complexity index is 406. The van der Waals surface area contributed by atoms with Crippen LogP contribution in [-0.2, 0) is 6.42 Å². The Balaban J connectivity index is 1.90. The van der Waals surface area contributed by atoms with Gasteiger partial charge in [0.05, 0.1) is 0 Å². The van der Waals surface area contributed by atoms with Crippen molar-refractivity contribution in [1.82, 2.24) is 0 Å². The Morgan fingerprint density at radius 1 is 1.05 bits per heavy atom. The van der Waals surface area contributed by atoms with Crippen molar-refractivity contribution in [2.24, 2.45) is 11.8 Å². The van der Waals surface area contributed by atoms with Crippen LogP contribution < -0.4 is 0 Å². The lowest BCUT2D eigenvalue weighted by atomic mass is 9.71. The van der Waals surface area contributed by atoms with Crippen LogP contribution in [-0.4, -0.2) is 0 Å². The fourth-order valence-electron chi connectivity index (χ4n) is 4.14. The largest absolute Gasteiger partial charge is 0.0654 e. The van der Waals surface area contributed by atoms with Gasteiger partial charge in [0.2, 0.25) is 0 Å². The summed E-state index contributed by atoms with van der Waals surface area (Å²) in [6.07, 6.45) is 12.5. The first-order valence-corrected chi connectivity index (χ1v) is 9.33. The van der Waals surface area contributed by atoms with Crippen molar-refractivity contribution in [3.05, 3.63) is 35.4 Å². The van der Waals surface area contributed by atoms with E-state index in [1.54, 1.807) is 5.56 Å². The van der Waals surface area contributed by atoms with E-state index in [0.29, 0.717) is 0 Å². The highest BCUT2D eigenvalue weighted by atomic mass is 14.3. The van der Waals surface area contributed by atoms with Gasteiger partial charge in [-0.3, -0.25) is 0 Å². The van der Waals surface area contributed by atoms with Gasteiger partial charge in [-0.1, -0.05) is 77.1 Å². The normalized spacial score (nSPS) is 26.0. The number of hydrogen-bond acceptors (Lipinski definition) is 0. The van der Waals surface area contributed by atoms with Crippen LogP contribution in [0, 0.1) is 11.8 Å². The fraction of sp³-hybridized carbons (Fsp3) is 0.714. The Kier molecular flexibility index (Phi) is 6.80. The summed E-state index contributed by atoms with van der Waals surface area (Å²) in [7, 11) is 0. The van der Waals surface area contributed by atoms with Gasteiger partial charge < -0.3 is 0 Å². The molecular weight excluding hydrogens is 252 g/mol. The van der Waals surface area contributed by atoms with Gasteiger partial charge in [-0.15, -0.1) is 0 Å². The SMILES string of the molecule is CCCCCC1CCC(c2cccc(CCC)c2)CC1C. The number of benzene rings is 1. The summed E-state index contributed by atoms with van der Waals surface area (Å²) in [4.78, 5) is 0. The summed E-state index contributed by atoms with van der Waals surface area (Å²) in [5.74, 6) is 2.72. The van der Waals surface area contributed by atoms with E-state index in [0.717, 1.165) is 17.8 Å². The highest BCUT2D eigenvalue weighted by Crippen LogP contribution is 2.41. The minimum Gasteiger partial charge on any atom is -0.0654 e. The third kappa shape index (κ3) is 4.87. The lowest BCUT2D eigenvalue weighted by Gasteiger charge is -2.34. The zero-order chi connectivity index (χ0) is 15.1. The summed E-state index contributed by atoms with van der Waals surface area (Å²) in [6.45, 7) is 7.08. The Morgan fingerprint density at radius 3 is 2.62 bits per heavy atom. The molecule has 1 aromatic rings. The van der Waals surface area contributed by atoms with E-state index < -0.39 is 0 Å². The molecule has 1 aliphatic carbocycles. The molecule has 21 heavy (non-hydrogen) atoms. The second-order valence-electron chi connectivity index (χ2n) is 7.24.